The zero-order valence-corrected chi connectivity index (χ0v) is 18.8. The molecule has 2 aromatic carbocycles. The van der Waals surface area contributed by atoms with Gasteiger partial charge in [-0.05, 0) is 24.1 Å². The number of hydrogen-bond acceptors (Lipinski definition) is 5. The molecule has 32 heavy (non-hydrogen) atoms. The van der Waals surface area contributed by atoms with E-state index in [9.17, 15) is 9.59 Å². The van der Waals surface area contributed by atoms with Crippen LogP contribution in [0.5, 0.6) is 0 Å². The van der Waals surface area contributed by atoms with Crippen LogP contribution in [0.1, 0.15) is 29.3 Å². The first-order valence-corrected chi connectivity index (χ1v) is 10.8. The third-order valence-corrected chi connectivity index (χ3v) is 5.35. The normalized spacial score (nSPS) is 11.8. The van der Waals surface area contributed by atoms with Crippen molar-refractivity contribution in [3.63, 3.8) is 0 Å². The van der Waals surface area contributed by atoms with Crippen LogP contribution in [0, 0.1) is 0 Å². The molecular formula is C23H22Cl2N2O5. The molecule has 0 aliphatic rings. The first-order chi connectivity index (χ1) is 15.4. The van der Waals surface area contributed by atoms with Crippen molar-refractivity contribution in [1.82, 2.24) is 10.5 Å². The molecule has 0 bridgehead atoms. The molecule has 1 unspecified atom stereocenters. The Balaban J connectivity index is 1.94. The Labute approximate surface area is 195 Å². The van der Waals surface area contributed by atoms with Crippen LogP contribution in [-0.2, 0) is 16.0 Å². The Hall–Kier alpha value is -2.87. The number of amides is 1. The molecule has 3 aromatic rings. The molecule has 1 amide bonds. The summed E-state index contributed by atoms with van der Waals surface area (Å²) in [5, 5.41) is 16.2. The van der Waals surface area contributed by atoms with Crippen molar-refractivity contribution in [2.45, 2.75) is 25.3 Å². The number of carboxylic acid groups (broad SMARTS) is 1. The number of aliphatic carboxylic acids is 1. The van der Waals surface area contributed by atoms with Gasteiger partial charge in [0.25, 0.3) is 5.91 Å². The van der Waals surface area contributed by atoms with E-state index in [-0.39, 0.29) is 35.9 Å². The molecule has 1 heterocycles. The molecule has 3 rings (SSSR count). The highest BCUT2D eigenvalue weighted by Gasteiger charge is 2.26. The van der Waals surface area contributed by atoms with Crippen molar-refractivity contribution in [2.24, 2.45) is 0 Å². The second kappa shape index (κ2) is 11.1. The van der Waals surface area contributed by atoms with Crippen LogP contribution >= 0.6 is 23.2 Å². The topological polar surface area (TPSA) is 102 Å². The molecule has 9 heteroatoms. The van der Waals surface area contributed by atoms with Crippen LogP contribution in [0.4, 0.5) is 0 Å². The SMILES string of the molecule is CCC(Cl)OCCNC(=O)c1c(-c2ccccc2)noc1-c1ccc(CC(=O)O)cc1Cl. The number of rotatable bonds is 10. The third-order valence-electron chi connectivity index (χ3n) is 4.61. The molecule has 0 fully saturated rings. The summed E-state index contributed by atoms with van der Waals surface area (Å²) in [5.74, 6) is -1.18. The maximum Gasteiger partial charge on any atom is 0.307 e. The lowest BCUT2D eigenvalue weighted by Gasteiger charge is -2.10. The van der Waals surface area contributed by atoms with E-state index in [0.717, 1.165) is 0 Å². The standard InChI is InChI=1S/C23H22Cl2N2O5/c1-2-18(25)31-11-10-26-23(30)20-21(15-6-4-3-5-7-15)27-32-22(20)16-9-8-14(12-17(16)24)13-19(28)29/h3-9,12,18H,2,10-11,13H2,1H3,(H,26,30)(H,28,29). The number of benzene rings is 2. The van der Waals surface area contributed by atoms with E-state index in [1.807, 2.05) is 37.3 Å². The Bertz CT molecular complexity index is 1090. The lowest BCUT2D eigenvalue weighted by molar-refractivity contribution is -0.136. The molecule has 0 saturated heterocycles. The van der Waals surface area contributed by atoms with E-state index in [0.29, 0.717) is 28.8 Å². The van der Waals surface area contributed by atoms with E-state index in [1.165, 1.54) is 6.07 Å². The monoisotopic (exact) mass is 476 g/mol. The number of alkyl halides is 1. The second-order valence-electron chi connectivity index (χ2n) is 6.93. The van der Waals surface area contributed by atoms with Crippen LogP contribution in [0.15, 0.2) is 53.1 Å². The summed E-state index contributed by atoms with van der Waals surface area (Å²) in [6, 6.07) is 13.9. The Morgan fingerprint density at radius 3 is 2.62 bits per heavy atom. The zero-order chi connectivity index (χ0) is 23.1. The largest absolute Gasteiger partial charge is 0.481 e. The van der Waals surface area contributed by atoms with Gasteiger partial charge in [0.2, 0.25) is 0 Å². The van der Waals surface area contributed by atoms with Crippen molar-refractivity contribution < 1.29 is 24.0 Å². The fourth-order valence-electron chi connectivity index (χ4n) is 3.06. The van der Waals surface area contributed by atoms with Gasteiger partial charge in [0.05, 0.1) is 18.1 Å². The van der Waals surface area contributed by atoms with Crippen LogP contribution in [0.2, 0.25) is 5.02 Å². The molecule has 0 saturated carbocycles. The van der Waals surface area contributed by atoms with E-state index in [4.69, 9.17) is 37.6 Å². The van der Waals surface area contributed by atoms with Gasteiger partial charge in [0, 0.05) is 17.7 Å². The molecule has 0 radical (unpaired) electrons. The van der Waals surface area contributed by atoms with Gasteiger partial charge < -0.3 is 19.7 Å². The highest BCUT2D eigenvalue weighted by atomic mass is 35.5. The lowest BCUT2D eigenvalue weighted by atomic mass is 10.0. The Morgan fingerprint density at radius 2 is 1.97 bits per heavy atom. The van der Waals surface area contributed by atoms with Gasteiger partial charge in [0.15, 0.2) is 5.76 Å². The fourth-order valence-corrected chi connectivity index (χ4v) is 3.44. The predicted molar refractivity (Wildman–Crippen MR) is 122 cm³/mol. The first-order valence-electron chi connectivity index (χ1n) is 10.00. The maximum absolute atomic E-state index is 13.1. The number of carboxylic acids is 1. The fraction of sp³-hybridized carbons (Fsp3) is 0.261. The van der Waals surface area contributed by atoms with Gasteiger partial charge in [0.1, 0.15) is 16.8 Å². The van der Waals surface area contributed by atoms with Crippen LogP contribution in [0.3, 0.4) is 0 Å². The molecule has 0 aliphatic heterocycles. The van der Waals surface area contributed by atoms with E-state index < -0.39 is 17.4 Å². The minimum absolute atomic E-state index is 0.168. The number of halogens is 2. The van der Waals surface area contributed by atoms with Crippen LogP contribution < -0.4 is 5.32 Å². The number of ether oxygens (including phenoxy) is 1. The summed E-state index contributed by atoms with van der Waals surface area (Å²) in [4.78, 5) is 24.1. The molecule has 2 N–H and O–H groups in total. The van der Waals surface area contributed by atoms with Crippen LogP contribution in [-0.4, -0.2) is 40.9 Å². The number of hydrogen-bond donors (Lipinski definition) is 2. The number of carbonyl (C=O) groups is 2. The van der Waals surface area contributed by atoms with Crippen molar-refractivity contribution in [3.05, 3.63) is 64.7 Å². The maximum atomic E-state index is 13.1. The summed E-state index contributed by atoms with van der Waals surface area (Å²) in [6.45, 7) is 2.39. The highest BCUT2D eigenvalue weighted by molar-refractivity contribution is 6.33. The number of nitrogens with zero attached hydrogens (tertiary/aromatic N) is 1. The summed E-state index contributed by atoms with van der Waals surface area (Å²) in [5.41, 5.74) is 1.85. The smallest absolute Gasteiger partial charge is 0.307 e. The van der Waals surface area contributed by atoms with Crippen molar-refractivity contribution in [1.29, 1.82) is 0 Å². The summed E-state index contributed by atoms with van der Waals surface area (Å²) < 4.78 is 11.0. The average molecular weight is 477 g/mol. The van der Waals surface area contributed by atoms with E-state index in [1.54, 1.807) is 12.1 Å². The first kappa shape index (κ1) is 23.8. The van der Waals surface area contributed by atoms with Crippen molar-refractivity contribution >= 4 is 35.1 Å². The molecule has 7 nitrogen and oxygen atoms in total. The van der Waals surface area contributed by atoms with E-state index >= 15 is 0 Å². The van der Waals surface area contributed by atoms with Gasteiger partial charge in [-0.3, -0.25) is 9.59 Å². The minimum Gasteiger partial charge on any atom is -0.481 e. The Morgan fingerprint density at radius 1 is 1.22 bits per heavy atom. The van der Waals surface area contributed by atoms with Crippen LogP contribution in [0.25, 0.3) is 22.6 Å². The second-order valence-corrected chi connectivity index (χ2v) is 7.83. The molecular weight excluding hydrogens is 455 g/mol. The molecule has 0 spiro atoms. The quantitative estimate of drug-likeness (QED) is 0.315. The summed E-state index contributed by atoms with van der Waals surface area (Å²) in [6.07, 6.45) is 0.484. The highest BCUT2D eigenvalue weighted by Crippen LogP contribution is 2.36. The molecule has 1 aromatic heterocycles. The predicted octanol–water partition coefficient (Wildman–Crippen LogP) is 5.01. The zero-order valence-electron chi connectivity index (χ0n) is 17.3. The summed E-state index contributed by atoms with van der Waals surface area (Å²) >= 11 is 12.4. The number of carbonyl (C=O) groups excluding carboxylic acids is 1. The van der Waals surface area contributed by atoms with E-state index in [2.05, 4.69) is 10.5 Å². The Kier molecular flexibility index (Phi) is 8.27. The van der Waals surface area contributed by atoms with Gasteiger partial charge in [-0.2, -0.15) is 0 Å². The van der Waals surface area contributed by atoms with Gasteiger partial charge in [-0.25, -0.2) is 0 Å². The number of aromatic nitrogens is 1. The lowest BCUT2D eigenvalue weighted by Crippen LogP contribution is -2.28. The van der Waals surface area contributed by atoms with Gasteiger partial charge in [-0.1, -0.05) is 71.7 Å². The third kappa shape index (κ3) is 5.88. The van der Waals surface area contributed by atoms with Crippen molar-refractivity contribution in [2.75, 3.05) is 13.2 Å². The van der Waals surface area contributed by atoms with Gasteiger partial charge in [-0.15, -0.1) is 0 Å². The molecule has 0 aliphatic carbocycles. The number of nitrogens with one attached hydrogen (secondary N) is 1. The van der Waals surface area contributed by atoms with Crippen molar-refractivity contribution in [3.8, 4) is 22.6 Å². The average Bonchev–Trinajstić information content (AvgIpc) is 3.21. The molecule has 1 atom stereocenters. The molecule has 168 valence electrons. The minimum atomic E-state index is -0.968. The van der Waals surface area contributed by atoms with Gasteiger partial charge >= 0.3 is 5.97 Å². The summed E-state index contributed by atoms with van der Waals surface area (Å²) in [7, 11) is 0.